The first kappa shape index (κ1) is 15.7. The number of aliphatic carboxylic acids is 1. The van der Waals surface area contributed by atoms with Gasteiger partial charge in [-0.1, -0.05) is 34.6 Å². The first-order valence-electron chi connectivity index (χ1n) is 6.58. The summed E-state index contributed by atoms with van der Waals surface area (Å²) in [5.74, 6) is 0.966. The van der Waals surface area contributed by atoms with Gasteiger partial charge in [0, 0.05) is 12.0 Å². The second kappa shape index (κ2) is 6.19. The van der Waals surface area contributed by atoms with Gasteiger partial charge in [0.15, 0.2) is 0 Å². The van der Waals surface area contributed by atoms with Crippen LogP contribution >= 0.6 is 0 Å². The summed E-state index contributed by atoms with van der Waals surface area (Å²) in [4.78, 5) is 16.9. The highest BCUT2D eigenvalue weighted by atomic mass is 16.4. The van der Waals surface area contributed by atoms with Crippen LogP contribution in [0.3, 0.4) is 0 Å². The van der Waals surface area contributed by atoms with Crippen molar-refractivity contribution in [2.75, 3.05) is 13.1 Å². The van der Waals surface area contributed by atoms with E-state index >= 15 is 0 Å². The zero-order valence-electron chi connectivity index (χ0n) is 12.4. The van der Waals surface area contributed by atoms with Crippen LogP contribution in [0.5, 0.6) is 0 Å². The molecular weight excluding hydrogens is 244 g/mol. The van der Waals surface area contributed by atoms with E-state index in [-0.39, 0.29) is 12.0 Å². The van der Waals surface area contributed by atoms with Gasteiger partial charge in [-0.3, -0.25) is 9.69 Å². The molecule has 5 nitrogen and oxygen atoms in total. The lowest BCUT2D eigenvalue weighted by molar-refractivity contribution is -0.138. The largest absolute Gasteiger partial charge is 0.480 e. The molecule has 0 bridgehead atoms. The topological polar surface area (TPSA) is 66.6 Å². The van der Waals surface area contributed by atoms with Crippen molar-refractivity contribution in [1.82, 2.24) is 9.88 Å². The molecule has 0 unspecified atom stereocenters. The van der Waals surface area contributed by atoms with Gasteiger partial charge in [0.2, 0.25) is 5.89 Å². The van der Waals surface area contributed by atoms with Gasteiger partial charge < -0.3 is 9.52 Å². The van der Waals surface area contributed by atoms with E-state index in [4.69, 9.17) is 9.52 Å². The van der Waals surface area contributed by atoms with E-state index < -0.39 is 5.97 Å². The van der Waals surface area contributed by atoms with Crippen LogP contribution in [0.15, 0.2) is 10.6 Å². The van der Waals surface area contributed by atoms with Crippen LogP contribution in [-0.4, -0.2) is 34.0 Å². The van der Waals surface area contributed by atoms with Gasteiger partial charge >= 0.3 is 5.97 Å². The fraction of sp³-hybridized carbons (Fsp3) is 0.714. The van der Waals surface area contributed by atoms with E-state index in [1.807, 2.05) is 4.90 Å². The molecule has 1 N–H and O–H groups in total. The second-order valence-corrected chi connectivity index (χ2v) is 6.33. The Hall–Kier alpha value is -1.36. The molecule has 1 rings (SSSR count). The summed E-state index contributed by atoms with van der Waals surface area (Å²) in [6.45, 7) is 11.4. The van der Waals surface area contributed by atoms with Crippen LogP contribution in [0.2, 0.25) is 0 Å². The number of hydrogen-bond donors (Lipinski definition) is 1. The normalized spacial score (nSPS) is 12.4. The monoisotopic (exact) mass is 268 g/mol. The van der Waals surface area contributed by atoms with Crippen molar-refractivity contribution in [2.45, 2.75) is 46.6 Å². The lowest BCUT2D eigenvalue weighted by Crippen LogP contribution is -2.32. The Labute approximate surface area is 114 Å². The minimum absolute atomic E-state index is 0.00537. The van der Waals surface area contributed by atoms with Gasteiger partial charge in [0.05, 0.1) is 19.3 Å². The predicted octanol–water partition coefficient (Wildman–Crippen LogP) is 2.51. The third-order valence-corrected chi connectivity index (χ3v) is 2.63. The lowest BCUT2D eigenvalue weighted by Gasteiger charge is -2.20. The number of rotatable bonds is 6. The zero-order valence-corrected chi connectivity index (χ0v) is 12.4. The highest BCUT2D eigenvalue weighted by Crippen LogP contribution is 2.23. The van der Waals surface area contributed by atoms with Crippen LogP contribution in [0.25, 0.3) is 0 Å². The molecule has 19 heavy (non-hydrogen) atoms. The van der Waals surface area contributed by atoms with E-state index in [1.54, 1.807) is 6.20 Å². The van der Waals surface area contributed by atoms with Gasteiger partial charge in [-0.05, 0) is 5.92 Å². The van der Waals surface area contributed by atoms with Crippen LogP contribution in [0.1, 0.15) is 46.3 Å². The Balaban J connectivity index is 2.73. The van der Waals surface area contributed by atoms with E-state index in [1.165, 1.54) is 0 Å². The van der Waals surface area contributed by atoms with Crippen molar-refractivity contribution in [2.24, 2.45) is 5.92 Å². The number of aromatic nitrogens is 1. The van der Waals surface area contributed by atoms with Crippen molar-refractivity contribution < 1.29 is 14.3 Å². The van der Waals surface area contributed by atoms with Crippen LogP contribution in [0.4, 0.5) is 0 Å². The maximum absolute atomic E-state index is 10.9. The van der Waals surface area contributed by atoms with Gasteiger partial charge in [0.1, 0.15) is 5.76 Å². The molecule has 0 aliphatic carbocycles. The average Bonchev–Trinajstić information content (AvgIpc) is 2.62. The summed E-state index contributed by atoms with van der Waals surface area (Å²) < 4.78 is 5.70. The minimum atomic E-state index is -0.830. The maximum atomic E-state index is 10.9. The SMILES string of the molecule is CC(C)CN(CC(=O)O)Cc1ncc(C(C)(C)C)o1. The predicted molar refractivity (Wildman–Crippen MR) is 73.0 cm³/mol. The molecular formula is C14H24N2O3. The maximum Gasteiger partial charge on any atom is 0.317 e. The third kappa shape index (κ3) is 5.42. The molecule has 0 saturated heterocycles. The number of carboxylic acids is 1. The average molecular weight is 268 g/mol. The van der Waals surface area contributed by atoms with E-state index in [0.29, 0.717) is 24.9 Å². The van der Waals surface area contributed by atoms with Crippen molar-refractivity contribution in [1.29, 1.82) is 0 Å². The molecule has 0 amide bonds. The van der Waals surface area contributed by atoms with Crippen LogP contribution < -0.4 is 0 Å². The first-order valence-corrected chi connectivity index (χ1v) is 6.58. The molecule has 0 fully saturated rings. The molecule has 108 valence electrons. The van der Waals surface area contributed by atoms with Gasteiger partial charge in [-0.2, -0.15) is 0 Å². The fourth-order valence-electron chi connectivity index (χ4n) is 1.81. The lowest BCUT2D eigenvalue weighted by atomic mass is 9.94. The first-order chi connectivity index (χ1) is 8.68. The number of carboxylic acid groups (broad SMARTS) is 1. The molecule has 0 aromatic carbocycles. The number of oxazole rings is 1. The second-order valence-electron chi connectivity index (χ2n) is 6.33. The van der Waals surface area contributed by atoms with E-state index in [0.717, 1.165) is 5.76 Å². The Bertz CT molecular complexity index is 419. The Morgan fingerprint density at radius 1 is 1.47 bits per heavy atom. The summed E-state index contributed by atoms with van der Waals surface area (Å²) in [6.07, 6.45) is 1.73. The third-order valence-electron chi connectivity index (χ3n) is 2.63. The van der Waals surface area contributed by atoms with Crippen molar-refractivity contribution >= 4 is 5.97 Å². The molecule has 0 radical (unpaired) electrons. The minimum Gasteiger partial charge on any atom is -0.480 e. The zero-order chi connectivity index (χ0) is 14.6. The van der Waals surface area contributed by atoms with E-state index in [9.17, 15) is 4.79 Å². The summed E-state index contributed by atoms with van der Waals surface area (Å²) in [7, 11) is 0. The molecule has 1 aromatic rings. The molecule has 1 heterocycles. The standard InChI is InChI=1S/C14H24N2O3/c1-10(2)7-16(9-13(17)18)8-12-15-6-11(19-12)14(3,4)5/h6,10H,7-9H2,1-5H3,(H,17,18). The summed E-state index contributed by atoms with van der Waals surface area (Å²) in [5, 5.41) is 8.92. The highest BCUT2D eigenvalue weighted by molar-refractivity contribution is 5.69. The fourth-order valence-corrected chi connectivity index (χ4v) is 1.81. The van der Waals surface area contributed by atoms with Crippen molar-refractivity contribution in [3.8, 4) is 0 Å². The molecule has 0 atom stereocenters. The molecule has 0 aliphatic rings. The highest BCUT2D eigenvalue weighted by Gasteiger charge is 2.21. The molecule has 0 saturated carbocycles. The number of carbonyl (C=O) groups is 1. The summed E-state index contributed by atoms with van der Waals surface area (Å²) in [5.41, 5.74) is -0.0824. The molecule has 5 heteroatoms. The van der Waals surface area contributed by atoms with Gasteiger partial charge in [0.25, 0.3) is 0 Å². The summed E-state index contributed by atoms with van der Waals surface area (Å²) >= 11 is 0. The Kier molecular flexibility index (Phi) is 5.11. The summed E-state index contributed by atoms with van der Waals surface area (Å²) in [6, 6.07) is 0. The van der Waals surface area contributed by atoms with Crippen LogP contribution in [-0.2, 0) is 16.8 Å². The van der Waals surface area contributed by atoms with Gasteiger partial charge in [-0.25, -0.2) is 4.98 Å². The smallest absolute Gasteiger partial charge is 0.317 e. The van der Waals surface area contributed by atoms with E-state index in [2.05, 4.69) is 39.6 Å². The molecule has 0 spiro atoms. The quantitative estimate of drug-likeness (QED) is 0.858. The molecule has 1 aromatic heterocycles. The number of hydrogen-bond acceptors (Lipinski definition) is 4. The van der Waals surface area contributed by atoms with Gasteiger partial charge in [-0.15, -0.1) is 0 Å². The van der Waals surface area contributed by atoms with Crippen molar-refractivity contribution in [3.05, 3.63) is 17.8 Å². The Morgan fingerprint density at radius 2 is 2.11 bits per heavy atom. The Morgan fingerprint density at radius 3 is 2.53 bits per heavy atom. The van der Waals surface area contributed by atoms with Crippen molar-refractivity contribution in [3.63, 3.8) is 0 Å². The number of nitrogens with zero attached hydrogens (tertiary/aromatic N) is 2. The van der Waals surface area contributed by atoms with Crippen LogP contribution in [0, 0.1) is 5.92 Å². The molecule has 0 aliphatic heterocycles.